The van der Waals surface area contributed by atoms with Crippen molar-refractivity contribution in [3.8, 4) is 0 Å². The Morgan fingerprint density at radius 3 is 2.73 bits per heavy atom. The standard InChI is InChI=1S/C10H20N.CH3S.ClH.Sn.H/c1-3-9-6-4-5-7-10(9)8(2)11;1-2;;;/h8-10H,1,3-7,11H2,2H3;2H,1H2;1H;;/q;;;+1;/p-1. The fourth-order valence-corrected chi connectivity index (χ4v) is 7.62. The molecule has 4 unspecified atom stereocenters. The molecule has 4 atom stereocenters. The van der Waals surface area contributed by atoms with E-state index in [1.807, 2.05) is 0 Å². The Bertz CT molecular complexity index is 180. The molecule has 0 aromatic heterocycles. The van der Waals surface area contributed by atoms with Gasteiger partial charge in [0.2, 0.25) is 0 Å². The van der Waals surface area contributed by atoms with Crippen molar-refractivity contribution < 1.29 is 0 Å². The summed E-state index contributed by atoms with van der Waals surface area (Å²) in [5.74, 6) is 1.62. The summed E-state index contributed by atoms with van der Waals surface area (Å²) in [5.41, 5.74) is 6.07. The van der Waals surface area contributed by atoms with Crippen molar-refractivity contribution in [1.82, 2.24) is 0 Å². The van der Waals surface area contributed by atoms with Crippen LogP contribution < -0.4 is 5.73 Å². The van der Waals surface area contributed by atoms with Crippen LogP contribution in [0.25, 0.3) is 0 Å². The monoisotopic (exact) mass is 357 g/mol. The molecule has 0 aliphatic heterocycles. The molecule has 0 radical (unpaired) electrons. The predicted octanol–water partition coefficient (Wildman–Crippen LogP) is 2.96. The van der Waals surface area contributed by atoms with Crippen LogP contribution in [-0.2, 0) is 0 Å². The summed E-state index contributed by atoms with van der Waals surface area (Å²) < 4.78 is 2.30. The van der Waals surface area contributed by atoms with Crippen LogP contribution in [-0.4, -0.2) is 28.4 Å². The van der Waals surface area contributed by atoms with Crippen molar-refractivity contribution in [2.24, 2.45) is 17.6 Å². The molecular formula is C11H24ClNSSn. The summed E-state index contributed by atoms with van der Waals surface area (Å²) in [6, 6.07) is 0.371. The third kappa shape index (κ3) is 5.05. The first-order valence-electron chi connectivity index (χ1n) is 6.15. The summed E-state index contributed by atoms with van der Waals surface area (Å²) >= 11 is 2.66. The molecule has 4 heteroatoms. The van der Waals surface area contributed by atoms with Crippen molar-refractivity contribution in [2.45, 2.75) is 49.5 Å². The van der Waals surface area contributed by atoms with Gasteiger partial charge < -0.3 is 0 Å². The SMILES string of the molecule is CC(N)C1CCCCC1C[CH2][SnH]([Cl])[CH2]S. The second-order valence-corrected chi connectivity index (χ2v) is 17.6. The average molecular weight is 357 g/mol. The molecule has 0 saturated heterocycles. The van der Waals surface area contributed by atoms with Gasteiger partial charge in [-0.25, -0.2) is 0 Å². The topological polar surface area (TPSA) is 26.0 Å². The van der Waals surface area contributed by atoms with Crippen molar-refractivity contribution in [3.63, 3.8) is 0 Å². The maximum absolute atomic E-state index is 6.31. The molecule has 1 rings (SSSR count). The minimum absolute atomic E-state index is 0.371. The Morgan fingerprint density at radius 1 is 1.47 bits per heavy atom. The Balaban J connectivity index is 2.36. The van der Waals surface area contributed by atoms with E-state index in [-0.39, 0.29) is 0 Å². The molecule has 0 bridgehead atoms. The Labute approximate surface area is 110 Å². The fourth-order valence-electron chi connectivity index (χ4n) is 2.77. The van der Waals surface area contributed by atoms with E-state index in [4.69, 9.17) is 14.7 Å². The fraction of sp³-hybridized carbons (Fsp3) is 1.00. The molecule has 1 aliphatic rings. The Morgan fingerprint density at radius 2 is 2.13 bits per heavy atom. The van der Waals surface area contributed by atoms with E-state index < -0.39 is 18.6 Å². The summed E-state index contributed by atoms with van der Waals surface area (Å²) in [4.78, 5) is 0. The zero-order valence-electron chi connectivity index (χ0n) is 9.66. The molecule has 0 aromatic carbocycles. The molecule has 1 aliphatic carbocycles. The van der Waals surface area contributed by atoms with Gasteiger partial charge in [0, 0.05) is 0 Å². The second kappa shape index (κ2) is 7.67. The summed E-state index contributed by atoms with van der Waals surface area (Å²) in [6.07, 6.45) is 6.83. The van der Waals surface area contributed by atoms with E-state index in [1.54, 1.807) is 0 Å². The number of hydrogen-bond acceptors (Lipinski definition) is 2. The van der Waals surface area contributed by atoms with Gasteiger partial charge in [-0.05, 0) is 0 Å². The van der Waals surface area contributed by atoms with Crippen LogP contribution in [0, 0.1) is 11.8 Å². The summed E-state index contributed by atoms with van der Waals surface area (Å²) in [7, 11) is 6.31. The van der Waals surface area contributed by atoms with E-state index in [9.17, 15) is 0 Å². The zero-order valence-corrected chi connectivity index (χ0v) is 14.6. The van der Waals surface area contributed by atoms with Gasteiger partial charge in [-0.15, -0.1) is 0 Å². The van der Waals surface area contributed by atoms with Gasteiger partial charge in [-0.3, -0.25) is 0 Å². The first-order chi connectivity index (χ1) is 7.15. The maximum atomic E-state index is 6.31. The van der Waals surface area contributed by atoms with Gasteiger partial charge in [0.1, 0.15) is 0 Å². The zero-order chi connectivity index (χ0) is 11.3. The molecule has 0 amide bonds. The van der Waals surface area contributed by atoms with E-state index in [2.05, 4.69) is 19.6 Å². The molecule has 2 N–H and O–H groups in total. The van der Waals surface area contributed by atoms with Crippen LogP contribution in [0.15, 0.2) is 0 Å². The van der Waals surface area contributed by atoms with E-state index in [1.165, 1.54) is 36.5 Å². The van der Waals surface area contributed by atoms with Gasteiger partial charge in [0.05, 0.1) is 0 Å². The number of hydrogen-bond donors (Lipinski definition) is 2. The van der Waals surface area contributed by atoms with Gasteiger partial charge >= 0.3 is 111 Å². The summed E-state index contributed by atoms with van der Waals surface area (Å²) in [5, 5.41) is 0. The molecule has 0 heterocycles. The van der Waals surface area contributed by atoms with Gasteiger partial charge in [0.25, 0.3) is 0 Å². The van der Waals surface area contributed by atoms with Crippen molar-refractivity contribution in [2.75, 3.05) is 3.77 Å². The predicted molar refractivity (Wildman–Crippen MR) is 75.4 cm³/mol. The Hall–Kier alpha value is 1.40. The van der Waals surface area contributed by atoms with E-state index in [0.29, 0.717) is 6.04 Å². The van der Waals surface area contributed by atoms with Gasteiger partial charge in [-0.2, -0.15) is 0 Å². The third-order valence-corrected chi connectivity index (χ3v) is 14.5. The van der Waals surface area contributed by atoms with Gasteiger partial charge in [-0.1, -0.05) is 0 Å². The van der Waals surface area contributed by atoms with Crippen LogP contribution in [0.1, 0.15) is 39.0 Å². The van der Waals surface area contributed by atoms with Gasteiger partial charge in [0.15, 0.2) is 0 Å². The molecule has 1 saturated carbocycles. The van der Waals surface area contributed by atoms with E-state index >= 15 is 0 Å². The van der Waals surface area contributed by atoms with Crippen molar-refractivity contribution in [1.29, 1.82) is 0 Å². The summed E-state index contributed by atoms with van der Waals surface area (Å²) in [6.45, 7) is 2.17. The quantitative estimate of drug-likeness (QED) is 0.575. The third-order valence-electron chi connectivity index (χ3n) is 3.69. The van der Waals surface area contributed by atoms with Crippen molar-refractivity contribution in [3.05, 3.63) is 0 Å². The van der Waals surface area contributed by atoms with Crippen LogP contribution in [0.2, 0.25) is 4.44 Å². The molecule has 0 aromatic rings. The number of halogens is 1. The molecule has 1 fully saturated rings. The van der Waals surface area contributed by atoms with Crippen LogP contribution in [0.4, 0.5) is 0 Å². The van der Waals surface area contributed by atoms with Crippen LogP contribution in [0.5, 0.6) is 0 Å². The van der Waals surface area contributed by atoms with Crippen LogP contribution >= 0.6 is 21.5 Å². The van der Waals surface area contributed by atoms with E-state index in [0.717, 1.165) is 15.6 Å². The minimum atomic E-state index is -1.66. The number of nitrogens with two attached hydrogens (primary N) is 1. The van der Waals surface area contributed by atoms with Crippen LogP contribution in [0.3, 0.4) is 0 Å². The molecule has 15 heavy (non-hydrogen) atoms. The average Bonchev–Trinajstić information content (AvgIpc) is 2.26. The number of thiol groups is 1. The Kier molecular flexibility index (Phi) is 7.40. The second-order valence-electron chi connectivity index (χ2n) is 4.92. The molecule has 0 spiro atoms. The number of rotatable bonds is 5. The first kappa shape index (κ1) is 14.5. The molecular weight excluding hydrogens is 332 g/mol. The first-order valence-corrected chi connectivity index (χ1v) is 15.6. The molecule has 90 valence electrons. The normalized spacial score (nSPS) is 31.2. The van der Waals surface area contributed by atoms with Crippen molar-refractivity contribution >= 4 is 40.2 Å². The molecule has 1 nitrogen and oxygen atoms in total.